The molecule has 0 spiro atoms. The number of imidazole rings is 1. The van der Waals surface area contributed by atoms with Crippen molar-refractivity contribution >= 4 is 51.3 Å². The minimum atomic E-state index is -4.00. The molecule has 0 aliphatic carbocycles. The molecule has 0 fully saturated rings. The normalized spacial score (nSPS) is 11.5. The lowest BCUT2D eigenvalue weighted by Gasteiger charge is -2.11. The number of aryl methyl sites for hydroxylation is 1. The molecule has 1 N–H and O–H groups in total. The van der Waals surface area contributed by atoms with E-state index >= 15 is 0 Å². The van der Waals surface area contributed by atoms with Crippen molar-refractivity contribution in [2.75, 3.05) is 0 Å². The van der Waals surface area contributed by atoms with Crippen molar-refractivity contribution < 1.29 is 13.2 Å². The molecule has 1 amide bonds. The molecule has 6 nitrogen and oxygen atoms in total. The SMILES string of the molecule is CCc1nc(Cl)c(/C=C/C(=O)NS(=O)(=O)/C=C/c2ccccc2)n1Cc1ccc(C#Cc2ccccc2)cc1Cl. The highest BCUT2D eigenvalue weighted by Crippen LogP contribution is 2.25. The van der Waals surface area contributed by atoms with Crippen LogP contribution in [0.2, 0.25) is 10.2 Å². The van der Waals surface area contributed by atoms with E-state index in [4.69, 9.17) is 23.2 Å². The van der Waals surface area contributed by atoms with Crippen LogP contribution in [0.4, 0.5) is 0 Å². The number of benzene rings is 3. The van der Waals surface area contributed by atoms with Crippen LogP contribution in [-0.4, -0.2) is 23.9 Å². The van der Waals surface area contributed by atoms with Crippen LogP contribution in [0, 0.1) is 11.8 Å². The third kappa shape index (κ3) is 7.96. The fourth-order valence-corrected chi connectivity index (χ4v) is 5.03. The van der Waals surface area contributed by atoms with Crippen molar-refractivity contribution in [2.45, 2.75) is 19.9 Å². The zero-order valence-corrected chi connectivity index (χ0v) is 23.8. The fourth-order valence-electron chi connectivity index (χ4n) is 3.77. The zero-order valence-electron chi connectivity index (χ0n) is 21.5. The van der Waals surface area contributed by atoms with E-state index in [1.807, 2.05) is 64.7 Å². The van der Waals surface area contributed by atoms with Crippen LogP contribution in [0.5, 0.6) is 0 Å². The third-order valence-electron chi connectivity index (χ3n) is 5.74. The average molecular weight is 591 g/mol. The highest BCUT2D eigenvalue weighted by atomic mass is 35.5. The molecule has 202 valence electrons. The number of rotatable bonds is 8. The third-order valence-corrected chi connectivity index (χ3v) is 7.35. The summed E-state index contributed by atoms with van der Waals surface area (Å²) in [5.41, 5.74) is 3.63. The largest absolute Gasteiger partial charge is 0.323 e. The number of amides is 1. The van der Waals surface area contributed by atoms with Gasteiger partial charge < -0.3 is 4.57 Å². The van der Waals surface area contributed by atoms with Crippen LogP contribution < -0.4 is 4.72 Å². The standard InChI is InChI=1S/C31H25Cl2N3O3S/c1-2-29-34-31(33)28(17-18-30(37)35-40(38,39)20-19-24-11-7-4-8-12-24)36(29)22-26-16-15-25(21-27(26)32)14-13-23-9-5-3-6-10-23/h3-12,15-21H,2,22H2,1H3,(H,35,37)/b18-17+,20-19+. The molecule has 0 aliphatic rings. The van der Waals surface area contributed by atoms with E-state index in [0.29, 0.717) is 35.1 Å². The molecule has 40 heavy (non-hydrogen) atoms. The van der Waals surface area contributed by atoms with Gasteiger partial charge in [0, 0.05) is 28.6 Å². The second kappa shape index (κ2) is 13.3. The Morgan fingerprint density at radius 1 is 0.950 bits per heavy atom. The molecule has 1 aromatic heterocycles. The summed E-state index contributed by atoms with van der Waals surface area (Å²) in [6.07, 6.45) is 4.53. The number of aromatic nitrogens is 2. The van der Waals surface area contributed by atoms with Gasteiger partial charge in [0.25, 0.3) is 15.9 Å². The molecule has 0 radical (unpaired) electrons. The summed E-state index contributed by atoms with van der Waals surface area (Å²) in [5, 5.41) is 1.65. The summed E-state index contributed by atoms with van der Waals surface area (Å²) in [4.78, 5) is 16.8. The topological polar surface area (TPSA) is 81.1 Å². The molecule has 0 aliphatic heterocycles. The van der Waals surface area contributed by atoms with Crippen LogP contribution in [0.15, 0.2) is 90.3 Å². The molecule has 0 bridgehead atoms. The average Bonchev–Trinajstić information content (AvgIpc) is 3.25. The Bertz CT molecular complexity index is 1740. The second-order valence-electron chi connectivity index (χ2n) is 8.62. The molecule has 4 rings (SSSR count). The van der Waals surface area contributed by atoms with E-state index in [1.165, 1.54) is 12.2 Å². The fraction of sp³-hybridized carbons (Fsp3) is 0.0968. The zero-order chi connectivity index (χ0) is 28.5. The van der Waals surface area contributed by atoms with E-state index in [9.17, 15) is 13.2 Å². The minimum Gasteiger partial charge on any atom is -0.323 e. The molecule has 0 saturated heterocycles. The number of hydrogen-bond donors (Lipinski definition) is 1. The summed E-state index contributed by atoms with van der Waals surface area (Å²) in [5.74, 6) is 6.10. The Hall–Kier alpha value is -4.09. The Balaban J connectivity index is 1.51. The van der Waals surface area contributed by atoms with Gasteiger partial charge in [0.05, 0.1) is 17.6 Å². The summed E-state index contributed by atoms with van der Waals surface area (Å²) in [6, 6.07) is 24.1. The monoisotopic (exact) mass is 589 g/mol. The van der Waals surface area contributed by atoms with E-state index in [-0.39, 0.29) is 5.15 Å². The predicted molar refractivity (Wildman–Crippen MR) is 161 cm³/mol. The minimum absolute atomic E-state index is 0.189. The highest BCUT2D eigenvalue weighted by molar-refractivity contribution is 7.93. The number of hydrogen-bond acceptors (Lipinski definition) is 4. The van der Waals surface area contributed by atoms with Gasteiger partial charge in [-0.05, 0) is 47.5 Å². The summed E-state index contributed by atoms with van der Waals surface area (Å²) in [6.45, 7) is 2.28. The second-order valence-corrected chi connectivity index (χ2v) is 11.0. The maximum atomic E-state index is 12.4. The summed E-state index contributed by atoms with van der Waals surface area (Å²) < 4.78 is 28.5. The Morgan fingerprint density at radius 3 is 2.30 bits per heavy atom. The lowest BCUT2D eigenvalue weighted by molar-refractivity contribution is -0.114. The molecule has 9 heteroatoms. The number of nitrogens with one attached hydrogen (secondary N) is 1. The first-order chi connectivity index (χ1) is 19.2. The number of nitrogens with zero attached hydrogens (tertiary/aromatic N) is 2. The summed E-state index contributed by atoms with van der Waals surface area (Å²) >= 11 is 13.0. The van der Waals surface area contributed by atoms with Crippen molar-refractivity contribution in [3.05, 3.63) is 134 Å². The Morgan fingerprint density at radius 2 is 1.62 bits per heavy atom. The maximum Gasteiger partial charge on any atom is 0.257 e. The lowest BCUT2D eigenvalue weighted by Crippen LogP contribution is -2.26. The number of carbonyl (C=O) groups excluding carboxylic acids is 1. The first-order valence-electron chi connectivity index (χ1n) is 12.3. The summed E-state index contributed by atoms with van der Waals surface area (Å²) in [7, 11) is -4.00. The van der Waals surface area contributed by atoms with Crippen LogP contribution in [0.1, 0.15) is 40.7 Å². The van der Waals surface area contributed by atoms with Crippen molar-refractivity contribution in [2.24, 2.45) is 0 Å². The Labute approximate surface area is 244 Å². The number of halogens is 2. The van der Waals surface area contributed by atoms with Crippen LogP contribution in [0.3, 0.4) is 0 Å². The van der Waals surface area contributed by atoms with Gasteiger partial charge in [-0.1, -0.05) is 96.6 Å². The van der Waals surface area contributed by atoms with Gasteiger partial charge in [-0.2, -0.15) is 0 Å². The molecule has 0 unspecified atom stereocenters. The first-order valence-corrected chi connectivity index (χ1v) is 14.6. The van der Waals surface area contributed by atoms with Crippen LogP contribution >= 0.6 is 23.2 Å². The van der Waals surface area contributed by atoms with Crippen LogP contribution in [0.25, 0.3) is 12.2 Å². The molecule has 1 heterocycles. The maximum absolute atomic E-state index is 12.4. The van der Waals surface area contributed by atoms with Crippen molar-refractivity contribution in [1.29, 1.82) is 0 Å². The van der Waals surface area contributed by atoms with E-state index in [0.717, 1.165) is 28.2 Å². The highest BCUT2D eigenvalue weighted by Gasteiger charge is 2.16. The van der Waals surface area contributed by atoms with Crippen molar-refractivity contribution in [3.8, 4) is 11.8 Å². The molecule has 3 aromatic carbocycles. The van der Waals surface area contributed by atoms with Gasteiger partial charge >= 0.3 is 0 Å². The van der Waals surface area contributed by atoms with Crippen molar-refractivity contribution in [1.82, 2.24) is 14.3 Å². The van der Waals surface area contributed by atoms with Crippen LogP contribution in [-0.2, 0) is 27.8 Å². The first kappa shape index (κ1) is 28.9. The molecule has 0 atom stereocenters. The van der Waals surface area contributed by atoms with Gasteiger partial charge in [0.15, 0.2) is 5.15 Å². The van der Waals surface area contributed by atoms with Crippen molar-refractivity contribution in [3.63, 3.8) is 0 Å². The molecule has 4 aromatic rings. The van der Waals surface area contributed by atoms with Gasteiger partial charge in [0.2, 0.25) is 0 Å². The molecule has 0 saturated carbocycles. The van der Waals surface area contributed by atoms with E-state index < -0.39 is 15.9 Å². The Kier molecular flexibility index (Phi) is 9.62. The number of carbonyl (C=O) groups is 1. The van der Waals surface area contributed by atoms with Gasteiger partial charge in [-0.3, -0.25) is 4.79 Å². The molecular formula is C31H25Cl2N3O3S. The van der Waals surface area contributed by atoms with E-state index in [1.54, 1.807) is 30.3 Å². The molecular weight excluding hydrogens is 565 g/mol. The quantitative estimate of drug-likeness (QED) is 0.192. The van der Waals surface area contributed by atoms with Gasteiger partial charge in [-0.25, -0.2) is 18.1 Å². The smallest absolute Gasteiger partial charge is 0.257 e. The lowest BCUT2D eigenvalue weighted by atomic mass is 10.1. The van der Waals surface area contributed by atoms with Gasteiger partial charge in [-0.15, -0.1) is 0 Å². The predicted octanol–water partition coefficient (Wildman–Crippen LogP) is 6.33. The van der Waals surface area contributed by atoms with Gasteiger partial charge in [0.1, 0.15) is 5.82 Å². The van der Waals surface area contributed by atoms with E-state index in [2.05, 4.69) is 16.8 Å². The number of sulfonamides is 1.